The quantitative estimate of drug-likeness (QED) is 0.935. The van der Waals surface area contributed by atoms with Gasteiger partial charge in [-0.05, 0) is 24.0 Å². The number of halogens is 3. The van der Waals surface area contributed by atoms with E-state index in [-0.39, 0.29) is 29.8 Å². The molecule has 1 unspecified atom stereocenters. The second kappa shape index (κ2) is 5.54. The summed E-state index contributed by atoms with van der Waals surface area (Å²) in [5.74, 6) is -0.882. The van der Waals surface area contributed by atoms with Crippen molar-refractivity contribution in [1.29, 1.82) is 0 Å². The number of methoxy groups -OCH3 is 1. The van der Waals surface area contributed by atoms with Crippen molar-refractivity contribution in [3.63, 3.8) is 0 Å². The van der Waals surface area contributed by atoms with Gasteiger partial charge in [0.1, 0.15) is 5.56 Å². The number of rotatable bonds is 3. The first kappa shape index (κ1) is 16.4. The molecule has 0 bridgehead atoms. The van der Waals surface area contributed by atoms with Gasteiger partial charge in [0.05, 0.1) is 7.11 Å². The summed E-state index contributed by atoms with van der Waals surface area (Å²) in [6, 6.07) is 6.30. The molecule has 0 fully saturated rings. The van der Waals surface area contributed by atoms with Crippen molar-refractivity contribution in [2.75, 3.05) is 7.11 Å². The molecular weight excluding hydrogens is 323 g/mol. The summed E-state index contributed by atoms with van der Waals surface area (Å²) in [7, 11) is 2.87. The maximum absolute atomic E-state index is 13.9. The van der Waals surface area contributed by atoms with Crippen LogP contribution in [0, 0.1) is 0 Å². The summed E-state index contributed by atoms with van der Waals surface area (Å²) in [6.07, 6.45) is -3.27. The normalized spacial score (nSPS) is 19.9. The molecule has 128 valence electrons. The summed E-state index contributed by atoms with van der Waals surface area (Å²) in [5.41, 5.74) is -1.75. The minimum Gasteiger partial charge on any atom is -0.479 e. The lowest BCUT2D eigenvalue weighted by Crippen LogP contribution is -2.54. The smallest absolute Gasteiger partial charge is 0.415 e. The zero-order valence-electron chi connectivity index (χ0n) is 13.1. The standard InChI is InChI=1S/C16H16F3N3O2/c1-22-9-11(14(21-22)24-2)13(23)20-15(16(17,18)19)8-7-10-5-3-4-6-12(10)15/h3-6,9H,7-8H2,1-2H3,(H,20,23). The van der Waals surface area contributed by atoms with Crippen LogP contribution in [-0.2, 0) is 19.0 Å². The maximum Gasteiger partial charge on any atom is 0.415 e. The van der Waals surface area contributed by atoms with Crippen LogP contribution >= 0.6 is 0 Å². The molecule has 0 aliphatic heterocycles. The number of nitrogens with one attached hydrogen (secondary N) is 1. The average molecular weight is 339 g/mol. The molecule has 0 radical (unpaired) electrons. The lowest BCUT2D eigenvalue weighted by atomic mass is 9.90. The predicted molar refractivity (Wildman–Crippen MR) is 79.7 cm³/mol. The van der Waals surface area contributed by atoms with Crippen LogP contribution in [0.2, 0.25) is 0 Å². The Bertz CT molecular complexity index is 785. The number of ether oxygens (including phenoxy) is 1. The Morgan fingerprint density at radius 3 is 2.75 bits per heavy atom. The highest BCUT2D eigenvalue weighted by Crippen LogP contribution is 2.48. The molecule has 24 heavy (non-hydrogen) atoms. The molecule has 5 nitrogen and oxygen atoms in total. The number of carbonyl (C=O) groups is 1. The first-order chi connectivity index (χ1) is 11.3. The van der Waals surface area contributed by atoms with Gasteiger partial charge in [0, 0.05) is 13.2 Å². The van der Waals surface area contributed by atoms with Crippen LogP contribution in [0.5, 0.6) is 5.88 Å². The Hall–Kier alpha value is -2.51. The van der Waals surface area contributed by atoms with Gasteiger partial charge in [0.25, 0.3) is 5.91 Å². The molecule has 1 aliphatic carbocycles. The molecule has 2 aromatic rings. The summed E-state index contributed by atoms with van der Waals surface area (Å²) in [5, 5.41) is 6.10. The van der Waals surface area contributed by atoms with Crippen LogP contribution in [0.15, 0.2) is 30.5 Å². The number of nitrogens with zero attached hydrogens (tertiary/aromatic N) is 2. The number of aryl methyl sites for hydroxylation is 2. The van der Waals surface area contributed by atoms with E-state index in [1.54, 1.807) is 25.2 Å². The molecule has 1 atom stereocenters. The Balaban J connectivity index is 2.03. The van der Waals surface area contributed by atoms with Gasteiger partial charge in [-0.2, -0.15) is 13.2 Å². The van der Waals surface area contributed by atoms with Crippen LogP contribution < -0.4 is 10.1 Å². The van der Waals surface area contributed by atoms with Crippen LogP contribution in [-0.4, -0.2) is 29.0 Å². The van der Waals surface area contributed by atoms with Crippen LogP contribution in [0.4, 0.5) is 13.2 Å². The van der Waals surface area contributed by atoms with Crippen molar-refractivity contribution in [2.24, 2.45) is 7.05 Å². The second-order valence-electron chi connectivity index (χ2n) is 5.74. The van der Waals surface area contributed by atoms with Crippen molar-refractivity contribution < 1.29 is 22.7 Å². The number of benzene rings is 1. The van der Waals surface area contributed by atoms with E-state index in [2.05, 4.69) is 10.4 Å². The fourth-order valence-electron chi connectivity index (χ4n) is 3.14. The summed E-state index contributed by atoms with van der Waals surface area (Å²) in [6.45, 7) is 0. The van der Waals surface area contributed by atoms with Crippen LogP contribution in [0.1, 0.15) is 27.9 Å². The topological polar surface area (TPSA) is 56.2 Å². The average Bonchev–Trinajstić information content (AvgIpc) is 3.09. The minimum atomic E-state index is -4.62. The molecule has 1 heterocycles. The molecular formula is C16H16F3N3O2. The molecule has 1 aliphatic rings. The van der Waals surface area contributed by atoms with Gasteiger partial charge in [0.15, 0.2) is 5.54 Å². The van der Waals surface area contributed by atoms with Gasteiger partial charge < -0.3 is 10.1 Å². The highest BCUT2D eigenvalue weighted by Gasteiger charge is 2.59. The number of carbonyl (C=O) groups excluding carboxylic acids is 1. The van der Waals surface area contributed by atoms with Gasteiger partial charge in [0.2, 0.25) is 5.88 Å². The SMILES string of the molecule is COc1nn(C)cc1C(=O)NC1(C(F)(F)F)CCc2ccccc21. The Morgan fingerprint density at radius 2 is 2.08 bits per heavy atom. The van der Waals surface area contributed by atoms with Crippen LogP contribution in [0.25, 0.3) is 0 Å². The minimum absolute atomic E-state index is 0.0152. The van der Waals surface area contributed by atoms with E-state index in [0.717, 1.165) is 0 Å². The van der Waals surface area contributed by atoms with Crippen molar-refractivity contribution in [3.8, 4) is 5.88 Å². The fourth-order valence-corrected chi connectivity index (χ4v) is 3.14. The molecule has 0 spiro atoms. The first-order valence-electron chi connectivity index (χ1n) is 7.34. The van der Waals surface area contributed by atoms with Gasteiger partial charge in [-0.25, -0.2) is 0 Å². The van der Waals surface area contributed by atoms with E-state index in [1.165, 1.54) is 24.1 Å². The zero-order valence-corrected chi connectivity index (χ0v) is 13.1. The molecule has 1 aromatic heterocycles. The second-order valence-corrected chi connectivity index (χ2v) is 5.74. The van der Waals surface area contributed by atoms with E-state index >= 15 is 0 Å². The third-order valence-electron chi connectivity index (χ3n) is 4.29. The van der Waals surface area contributed by atoms with Gasteiger partial charge in [-0.3, -0.25) is 9.48 Å². The van der Waals surface area contributed by atoms with Crippen molar-refractivity contribution in [2.45, 2.75) is 24.6 Å². The summed E-state index contributed by atoms with van der Waals surface area (Å²) in [4.78, 5) is 12.5. The third-order valence-corrected chi connectivity index (χ3v) is 4.29. The molecule has 3 rings (SSSR count). The third kappa shape index (κ3) is 2.42. The fraction of sp³-hybridized carbons (Fsp3) is 0.375. The molecule has 0 saturated heterocycles. The molecule has 8 heteroatoms. The van der Waals surface area contributed by atoms with Crippen molar-refractivity contribution >= 4 is 5.91 Å². The van der Waals surface area contributed by atoms with Gasteiger partial charge in [-0.1, -0.05) is 24.3 Å². The lowest BCUT2D eigenvalue weighted by molar-refractivity contribution is -0.197. The lowest BCUT2D eigenvalue weighted by Gasteiger charge is -2.33. The number of alkyl halides is 3. The molecule has 1 amide bonds. The number of fused-ring (bicyclic) bond motifs is 1. The Labute approximate surface area is 136 Å². The van der Waals surface area contributed by atoms with E-state index in [9.17, 15) is 18.0 Å². The van der Waals surface area contributed by atoms with Crippen LogP contribution in [0.3, 0.4) is 0 Å². The Morgan fingerprint density at radius 1 is 1.38 bits per heavy atom. The Kier molecular flexibility index (Phi) is 3.77. The number of amides is 1. The van der Waals surface area contributed by atoms with E-state index in [4.69, 9.17) is 4.74 Å². The summed E-state index contributed by atoms with van der Waals surface area (Å²) < 4.78 is 48.0. The molecule has 1 aromatic carbocycles. The van der Waals surface area contributed by atoms with E-state index in [0.29, 0.717) is 5.56 Å². The van der Waals surface area contributed by atoms with Gasteiger partial charge in [-0.15, -0.1) is 5.10 Å². The van der Waals surface area contributed by atoms with Gasteiger partial charge >= 0.3 is 6.18 Å². The van der Waals surface area contributed by atoms with Crippen molar-refractivity contribution in [1.82, 2.24) is 15.1 Å². The highest BCUT2D eigenvalue weighted by atomic mass is 19.4. The molecule has 1 N–H and O–H groups in total. The summed E-state index contributed by atoms with van der Waals surface area (Å²) >= 11 is 0. The maximum atomic E-state index is 13.9. The predicted octanol–water partition coefficient (Wildman–Crippen LogP) is 2.56. The highest BCUT2D eigenvalue weighted by molar-refractivity contribution is 5.97. The largest absolute Gasteiger partial charge is 0.479 e. The van der Waals surface area contributed by atoms with E-state index < -0.39 is 17.6 Å². The first-order valence-corrected chi connectivity index (χ1v) is 7.34. The zero-order chi connectivity index (χ0) is 17.5. The van der Waals surface area contributed by atoms with Crippen molar-refractivity contribution in [3.05, 3.63) is 47.2 Å². The number of hydrogen-bond donors (Lipinski definition) is 1. The number of aromatic nitrogens is 2. The number of hydrogen-bond acceptors (Lipinski definition) is 3. The monoisotopic (exact) mass is 339 g/mol. The van der Waals surface area contributed by atoms with E-state index in [1.807, 2.05) is 0 Å². The molecule has 0 saturated carbocycles.